The van der Waals surface area contributed by atoms with E-state index in [0.717, 1.165) is 41.8 Å². The van der Waals surface area contributed by atoms with E-state index in [-0.39, 0.29) is 42.1 Å². The average Bonchev–Trinajstić information content (AvgIpc) is 3.38. The number of unbranched alkanes of at least 4 members (excludes halogenated alkanes) is 2. The van der Waals surface area contributed by atoms with Crippen LogP contribution in [0.1, 0.15) is 87.8 Å². The Bertz CT molecular complexity index is 1250. The molecule has 0 aliphatic heterocycles. The zero-order valence-corrected chi connectivity index (χ0v) is 26.4. The number of aliphatic hydroxyl groups excluding tert-OH is 2. The van der Waals surface area contributed by atoms with E-state index in [0.29, 0.717) is 48.9 Å². The number of hydrogen-bond acceptors (Lipinski definition) is 8. The standard InChI is InChI=1S/C32H47N3O6S/c1-6-7-8-9-27(38)34-30-35-29-21(17-28(39)33-15-13-20-10-11-22(40-4)23(16-20)41-5)31(2)14-12-26(37)32(3,19-36)25(31)18-24(29)42-30/h10-11,16,21,25-26,36-37H,6-9,12-15,17-19H2,1-5H3,(H,33,39)(H,34,35,38)/t21-,25+,26-,31+,32+/m1/s1. The van der Waals surface area contributed by atoms with Crippen LogP contribution >= 0.6 is 11.3 Å². The van der Waals surface area contributed by atoms with Crippen LogP contribution in [0.2, 0.25) is 0 Å². The fourth-order valence-corrected chi connectivity index (χ4v) is 8.14. The molecule has 1 heterocycles. The summed E-state index contributed by atoms with van der Waals surface area (Å²) < 4.78 is 10.7. The second-order valence-corrected chi connectivity index (χ2v) is 13.4. The number of nitrogens with zero attached hydrogens (tertiary/aromatic N) is 1. The first-order valence-corrected chi connectivity index (χ1v) is 16.0. The largest absolute Gasteiger partial charge is 0.493 e. The van der Waals surface area contributed by atoms with Crippen LogP contribution in [0.25, 0.3) is 0 Å². The van der Waals surface area contributed by atoms with E-state index in [2.05, 4.69) is 24.5 Å². The highest BCUT2D eigenvalue weighted by Gasteiger charge is 2.59. The molecule has 0 bridgehead atoms. The molecule has 1 fully saturated rings. The number of benzene rings is 1. The number of methoxy groups -OCH3 is 2. The SMILES string of the molecule is CCCCCC(=O)Nc1nc2c(s1)C[C@@H]1[C@](C)(CO)[C@H](O)CC[C@@]1(C)[C@@H]2CC(=O)NCCc1ccc(OC)c(OC)c1. The number of aromatic nitrogens is 1. The van der Waals surface area contributed by atoms with Gasteiger partial charge in [-0.05, 0) is 61.1 Å². The number of carbonyl (C=O) groups excluding carboxylic acids is 2. The van der Waals surface area contributed by atoms with Gasteiger partial charge in [-0.15, -0.1) is 11.3 Å². The molecule has 2 amide bonds. The number of amides is 2. The number of fused-ring (bicyclic) bond motifs is 2. The van der Waals surface area contributed by atoms with E-state index in [1.54, 1.807) is 14.2 Å². The normalized spacial score (nSPS) is 26.6. The topological polar surface area (TPSA) is 130 Å². The van der Waals surface area contributed by atoms with Gasteiger partial charge in [-0.1, -0.05) is 39.7 Å². The minimum Gasteiger partial charge on any atom is -0.493 e. The number of anilines is 1. The Kier molecular flexibility index (Phi) is 10.5. The number of aliphatic hydroxyl groups is 2. The summed E-state index contributed by atoms with van der Waals surface area (Å²) in [5.41, 5.74) is 0.856. The van der Waals surface area contributed by atoms with Crippen molar-refractivity contribution in [2.75, 3.05) is 32.7 Å². The van der Waals surface area contributed by atoms with Crippen molar-refractivity contribution in [3.63, 3.8) is 0 Å². The third kappa shape index (κ3) is 6.60. The summed E-state index contributed by atoms with van der Waals surface area (Å²) in [6.07, 6.45) is 5.56. The van der Waals surface area contributed by atoms with E-state index in [4.69, 9.17) is 14.5 Å². The fourth-order valence-electron chi connectivity index (χ4n) is 7.06. The molecule has 0 radical (unpaired) electrons. The maximum atomic E-state index is 13.4. The van der Waals surface area contributed by atoms with Crippen LogP contribution in [0.3, 0.4) is 0 Å². The number of ether oxygens (including phenoxy) is 2. The Hall–Kier alpha value is -2.69. The summed E-state index contributed by atoms with van der Waals surface area (Å²) in [6, 6.07) is 5.74. The van der Waals surface area contributed by atoms with Crippen molar-refractivity contribution in [2.45, 2.75) is 90.6 Å². The molecule has 10 heteroatoms. The molecule has 9 nitrogen and oxygen atoms in total. The highest BCUT2D eigenvalue weighted by Crippen LogP contribution is 2.62. The third-order valence-corrected chi connectivity index (χ3v) is 10.7. The Morgan fingerprint density at radius 3 is 2.60 bits per heavy atom. The minimum atomic E-state index is -0.694. The lowest BCUT2D eigenvalue weighted by Crippen LogP contribution is -2.57. The van der Waals surface area contributed by atoms with Crippen LogP contribution in [-0.2, 0) is 22.4 Å². The predicted octanol–water partition coefficient (Wildman–Crippen LogP) is 4.84. The Morgan fingerprint density at radius 1 is 1.14 bits per heavy atom. The number of thiazole rings is 1. The zero-order valence-electron chi connectivity index (χ0n) is 25.6. The van der Waals surface area contributed by atoms with Gasteiger partial charge in [-0.3, -0.25) is 9.59 Å². The number of hydrogen-bond donors (Lipinski definition) is 4. The molecule has 42 heavy (non-hydrogen) atoms. The second-order valence-electron chi connectivity index (χ2n) is 12.4. The van der Waals surface area contributed by atoms with Crippen LogP contribution in [0.4, 0.5) is 5.13 Å². The summed E-state index contributed by atoms with van der Waals surface area (Å²) in [4.78, 5) is 31.9. The highest BCUT2D eigenvalue weighted by molar-refractivity contribution is 7.15. The lowest BCUT2D eigenvalue weighted by molar-refractivity contribution is -0.144. The van der Waals surface area contributed by atoms with Gasteiger partial charge >= 0.3 is 0 Å². The fraction of sp³-hybridized carbons (Fsp3) is 0.656. The Labute approximate surface area is 253 Å². The van der Waals surface area contributed by atoms with E-state index in [1.165, 1.54) is 11.3 Å². The van der Waals surface area contributed by atoms with Crippen molar-refractivity contribution in [2.24, 2.45) is 16.7 Å². The smallest absolute Gasteiger partial charge is 0.226 e. The van der Waals surface area contributed by atoms with Gasteiger partial charge in [0.05, 0.1) is 32.6 Å². The monoisotopic (exact) mass is 601 g/mol. The van der Waals surface area contributed by atoms with Gasteiger partial charge in [-0.2, -0.15) is 0 Å². The molecule has 0 spiro atoms. The molecule has 1 aromatic carbocycles. The van der Waals surface area contributed by atoms with Crippen molar-refractivity contribution in [1.82, 2.24) is 10.3 Å². The minimum absolute atomic E-state index is 0.0376. The Balaban J connectivity index is 1.53. The summed E-state index contributed by atoms with van der Waals surface area (Å²) in [5, 5.41) is 28.1. The van der Waals surface area contributed by atoms with Gasteiger partial charge < -0.3 is 30.3 Å². The molecule has 4 N–H and O–H groups in total. The van der Waals surface area contributed by atoms with Crippen molar-refractivity contribution in [3.8, 4) is 11.5 Å². The van der Waals surface area contributed by atoms with Crippen LogP contribution < -0.4 is 20.1 Å². The van der Waals surface area contributed by atoms with Crippen LogP contribution in [0.5, 0.6) is 11.5 Å². The van der Waals surface area contributed by atoms with Crippen molar-refractivity contribution < 1.29 is 29.3 Å². The van der Waals surface area contributed by atoms with Gasteiger partial charge in [0, 0.05) is 35.6 Å². The molecule has 0 saturated heterocycles. The lowest BCUT2D eigenvalue weighted by atomic mass is 9.47. The second kappa shape index (κ2) is 13.7. The Morgan fingerprint density at radius 2 is 1.90 bits per heavy atom. The first-order valence-electron chi connectivity index (χ1n) is 15.2. The van der Waals surface area contributed by atoms with Crippen molar-refractivity contribution >= 4 is 28.3 Å². The molecule has 0 unspecified atom stereocenters. The first kappa shape index (κ1) is 32.2. The van der Waals surface area contributed by atoms with E-state index in [1.807, 2.05) is 25.1 Å². The molecule has 2 aliphatic rings. The maximum Gasteiger partial charge on any atom is 0.226 e. The van der Waals surface area contributed by atoms with E-state index >= 15 is 0 Å². The number of rotatable bonds is 13. The predicted molar refractivity (Wildman–Crippen MR) is 164 cm³/mol. The molecule has 4 rings (SSSR count). The maximum absolute atomic E-state index is 13.4. The molecule has 1 saturated carbocycles. The van der Waals surface area contributed by atoms with E-state index < -0.39 is 11.5 Å². The number of carbonyl (C=O) groups is 2. The summed E-state index contributed by atoms with van der Waals surface area (Å²) in [6.45, 7) is 6.59. The lowest BCUT2D eigenvalue weighted by Gasteiger charge is -2.58. The first-order chi connectivity index (χ1) is 20.1. The summed E-state index contributed by atoms with van der Waals surface area (Å²) in [5.74, 6) is 0.963. The van der Waals surface area contributed by atoms with Crippen LogP contribution in [0, 0.1) is 16.7 Å². The van der Waals surface area contributed by atoms with Gasteiger partial charge in [0.2, 0.25) is 11.8 Å². The van der Waals surface area contributed by atoms with Gasteiger partial charge in [0.1, 0.15) is 0 Å². The van der Waals surface area contributed by atoms with Crippen molar-refractivity contribution in [3.05, 3.63) is 34.3 Å². The molecule has 2 aliphatic carbocycles. The van der Waals surface area contributed by atoms with E-state index in [9.17, 15) is 19.8 Å². The molecule has 1 aromatic heterocycles. The average molecular weight is 602 g/mol. The summed E-state index contributed by atoms with van der Waals surface area (Å²) >= 11 is 1.46. The van der Waals surface area contributed by atoms with Crippen molar-refractivity contribution in [1.29, 1.82) is 0 Å². The quantitative estimate of drug-likeness (QED) is 0.242. The molecule has 2 aromatic rings. The third-order valence-electron chi connectivity index (χ3n) is 9.72. The molecular weight excluding hydrogens is 554 g/mol. The zero-order chi connectivity index (χ0) is 30.5. The molecule has 5 atom stereocenters. The summed E-state index contributed by atoms with van der Waals surface area (Å²) in [7, 11) is 3.20. The van der Waals surface area contributed by atoms with Gasteiger partial charge in [0.15, 0.2) is 16.6 Å². The van der Waals surface area contributed by atoms with Gasteiger partial charge in [-0.25, -0.2) is 4.98 Å². The molecular formula is C32H47N3O6S. The molecule has 232 valence electrons. The van der Waals surface area contributed by atoms with Crippen LogP contribution in [-0.4, -0.2) is 60.5 Å². The van der Waals surface area contributed by atoms with Crippen LogP contribution in [0.15, 0.2) is 18.2 Å². The highest BCUT2D eigenvalue weighted by atomic mass is 32.1. The number of nitrogens with one attached hydrogen (secondary N) is 2. The van der Waals surface area contributed by atoms with Gasteiger partial charge in [0.25, 0.3) is 0 Å².